The van der Waals surface area contributed by atoms with E-state index in [0.29, 0.717) is 22.9 Å². The van der Waals surface area contributed by atoms with Gasteiger partial charge in [0.2, 0.25) is 0 Å². The molecule has 2 aromatic rings. The summed E-state index contributed by atoms with van der Waals surface area (Å²) in [6, 6.07) is 5.41. The van der Waals surface area contributed by atoms with Gasteiger partial charge in [-0.2, -0.15) is 0 Å². The first kappa shape index (κ1) is 15.0. The summed E-state index contributed by atoms with van der Waals surface area (Å²) in [5.74, 6) is 1.28. The monoisotopic (exact) mass is 289 g/mol. The van der Waals surface area contributed by atoms with Gasteiger partial charge in [0, 0.05) is 11.5 Å². The largest absolute Gasteiger partial charge is 0.497 e. The highest BCUT2D eigenvalue weighted by molar-refractivity contribution is 5.74. The molecular weight excluding hydrogens is 270 g/mol. The van der Waals surface area contributed by atoms with Crippen molar-refractivity contribution in [2.45, 2.75) is 26.2 Å². The first-order valence-corrected chi connectivity index (χ1v) is 6.56. The van der Waals surface area contributed by atoms with Gasteiger partial charge in [0.15, 0.2) is 6.29 Å². The molecule has 1 aromatic carbocycles. The van der Waals surface area contributed by atoms with E-state index in [1.165, 1.54) is 0 Å². The van der Waals surface area contributed by atoms with Gasteiger partial charge in [-0.15, -0.1) is 5.10 Å². The van der Waals surface area contributed by atoms with Crippen molar-refractivity contribution in [2.24, 2.45) is 0 Å². The van der Waals surface area contributed by atoms with Crippen molar-refractivity contribution in [3.63, 3.8) is 0 Å². The maximum atomic E-state index is 11.2. The maximum Gasteiger partial charge on any atom is 0.172 e. The number of aldehydes is 1. The molecule has 2 rings (SSSR count). The molecule has 1 heterocycles. The summed E-state index contributed by atoms with van der Waals surface area (Å²) in [6.45, 7) is 6.02. The molecule has 0 aliphatic carbocycles. The van der Waals surface area contributed by atoms with Crippen molar-refractivity contribution in [1.82, 2.24) is 15.0 Å². The number of methoxy groups -OCH3 is 2. The fourth-order valence-electron chi connectivity index (χ4n) is 2.20. The highest BCUT2D eigenvalue weighted by Gasteiger charge is 2.27. The second-order valence-electron chi connectivity index (χ2n) is 5.64. The zero-order valence-corrected chi connectivity index (χ0v) is 12.9. The highest BCUT2D eigenvalue weighted by atomic mass is 16.5. The van der Waals surface area contributed by atoms with Gasteiger partial charge in [-0.05, 0) is 12.1 Å². The summed E-state index contributed by atoms with van der Waals surface area (Å²) in [5, 5.41) is 8.06. The molecule has 0 bridgehead atoms. The minimum Gasteiger partial charge on any atom is -0.497 e. The van der Waals surface area contributed by atoms with Gasteiger partial charge in [-0.1, -0.05) is 26.0 Å². The van der Waals surface area contributed by atoms with E-state index in [1.54, 1.807) is 25.0 Å². The molecule has 0 N–H and O–H groups in total. The molecule has 1 aromatic heterocycles. The van der Waals surface area contributed by atoms with Crippen molar-refractivity contribution in [3.8, 4) is 17.2 Å². The van der Waals surface area contributed by atoms with E-state index in [-0.39, 0.29) is 5.41 Å². The summed E-state index contributed by atoms with van der Waals surface area (Å²) < 4.78 is 12.2. The van der Waals surface area contributed by atoms with Crippen molar-refractivity contribution in [1.29, 1.82) is 0 Å². The van der Waals surface area contributed by atoms with E-state index < -0.39 is 0 Å². The van der Waals surface area contributed by atoms with Gasteiger partial charge < -0.3 is 9.47 Å². The van der Waals surface area contributed by atoms with Crippen molar-refractivity contribution < 1.29 is 14.3 Å². The third-order valence-electron chi connectivity index (χ3n) is 3.13. The molecule has 0 amide bonds. The second-order valence-corrected chi connectivity index (χ2v) is 5.64. The zero-order chi connectivity index (χ0) is 15.6. The van der Waals surface area contributed by atoms with Crippen LogP contribution in [0.15, 0.2) is 18.2 Å². The average Bonchev–Trinajstić information content (AvgIpc) is 2.90. The SMILES string of the molecule is COc1ccc(-n2nnc(C=O)c2C(C)(C)C)c(OC)c1. The number of rotatable bonds is 4. The molecule has 0 atom stereocenters. The van der Waals surface area contributed by atoms with E-state index in [4.69, 9.17) is 9.47 Å². The molecule has 0 aliphatic heterocycles. The van der Waals surface area contributed by atoms with Gasteiger partial charge in [-0.3, -0.25) is 4.79 Å². The Morgan fingerprint density at radius 2 is 1.90 bits per heavy atom. The van der Waals surface area contributed by atoms with Gasteiger partial charge >= 0.3 is 0 Å². The van der Waals surface area contributed by atoms with Crippen LogP contribution in [0.4, 0.5) is 0 Å². The molecule has 21 heavy (non-hydrogen) atoms. The molecular formula is C15H19N3O3. The molecule has 6 heteroatoms. The Balaban J connectivity index is 2.68. The Morgan fingerprint density at radius 3 is 2.43 bits per heavy atom. The van der Waals surface area contributed by atoms with E-state index in [2.05, 4.69) is 10.3 Å². The topological polar surface area (TPSA) is 66.2 Å². The van der Waals surface area contributed by atoms with Crippen LogP contribution in [0.3, 0.4) is 0 Å². The summed E-state index contributed by atoms with van der Waals surface area (Å²) in [6.07, 6.45) is 0.722. The first-order chi connectivity index (χ1) is 9.92. The Labute approximate surface area is 123 Å². The van der Waals surface area contributed by atoms with E-state index >= 15 is 0 Å². The molecule has 0 spiro atoms. The van der Waals surface area contributed by atoms with Crippen LogP contribution in [0.2, 0.25) is 0 Å². The Kier molecular flexibility index (Phi) is 3.97. The maximum absolute atomic E-state index is 11.2. The number of ether oxygens (including phenoxy) is 2. The molecule has 0 radical (unpaired) electrons. The van der Waals surface area contributed by atoms with Crippen molar-refractivity contribution in [2.75, 3.05) is 14.2 Å². The summed E-state index contributed by atoms with van der Waals surface area (Å²) in [5.41, 5.74) is 1.50. The van der Waals surface area contributed by atoms with Gasteiger partial charge in [-0.25, -0.2) is 4.68 Å². The van der Waals surface area contributed by atoms with Crippen LogP contribution >= 0.6 is 0 Å². The molecule has 0 unspecified atom stereocenters. The Bertz CT molecular complexity index is 657. The van der Waals surface area contributed by atoms with Crippen LogP contribution in [-0.4, -0.2) is 35.5 Å². The van der Waals surface area contributed by atoms with Crippen LogP contribution in [0.25, 0.3) is 5.69 Å². The molecule has 0 saturated carbocycles. The quantitative estimate of drug-likeness (QED) is 0.809. The first-order valence-electron chi connectivity index (χ1n) is 6.56. The molecule has 6 nitrogen and oxygen atoms in total. The lowest BCUT2D eigenvalue weighted by Crippen LogP contribution is -2.19. The number of benzene rings is 1. The predicted molar refractivity (Wildman–Crippen MR) is 78.6 cm³/mol. The van der Waals surface area contributed by atoms with Gasteiger partial charge in [0.05, 0.1) is 19.9 Å². The van der Waals surface area contributed by atoms with E-state index in [9.17, 15) is 4.79 Å². The zero-order valence-electron chi connectivity index (χ0n) is 12.9. The molecule has 0 fully saturated rings. The third-order valence-corrected chi connectivity index (χ3v) is 3.13. The smallest absolute Gasteiger partial charge is 0.172 e. The lowest BCUT2D eigenvalue weighted by molar-refractivity contribution is 0.111. The van der Waals surface area contributed by atoms with Crippen LogP contribution in [0.1, 0.15) is 37.0 Å². The average molecular weight is 289 g/mol. The number of hydrogen-bond donors (Lipinski definition) is 0. The predicted octanol–water partition coefficient (Wildman–Crippen LogP) is 2.39. The minimum atomic E-state index is -0.287. The number of nitrogens with zero attached hydrogens (tertiary/aromatic N) is 3. The van der Waals surface area contributed by atoms with Crippen LogP contribution in [-0.2, 0) is 5.41 Å². The summed E-state index contributed by atoms with van der Waals surface area (Å²) in [4.78, 5) is 11.2. The lowest BCUT2D eigenvalue weighted by atomic mass is 9.90. The third kappa shape index (κ3) is 2.74. The summed E-state index contributed by atoms with van der Waals surface area (Å²) in [7, 11) is 3.17. The number of hydrogen-bond acceptors (Lipinski definition) is 5. The lowest BCUT2D eigenvalue weighted by Gasteiger charge is -2.21. The fourth-order valence-corrected chi connectivity index (χ4v) is 2.20. The number of carbonyl (C=O) groups excluding carboxylic acids is 1. The number of aromatic nitrogens is 3. The van der Waals surface area contributed by atoms with E-state index in [1.807, 2.05) is 32.9 Å². The Morgan fingerprint density at radius 1 is 1.19 bits per heavy atom. The molecule has 0 saturated heterocycles. The Hall–Kier alpha value is -2.37. The summed E-state index contributed by atoms with van der Waals surface area (Å²) >= 11 is 0. The number of carbonyl (C=O) groups is 1. The van der Waals surface area contributed by atoms with Crippen molar-refractivity contribution >= 4 is 6.29 Å². The van der Waals surface area contributed by atoms with E-state index in [0.717, 1.165) is 12.0 Å². The van der Waals surface area contributed by atoms with Gasteiger partial charge in [0.25, 0.3) is 0 Å². The van der Waals surface area contributed by atoms with Gasteiger partial charge in [0.1, 0.15) is 22.9 Å². The molecule has 112 valence electrons. The van der Waals surface area contributed by atoms with Crippen LogP contribution in [0, 0.1) is 0 Å². The second kappa shape index (κ2) is 5.55. The highest BCUT2D eigenvalue weighted by Crippen LogP contribution is 2.32. The standard InChI is InChI=1S/C15H19N3O3/c1-15(2,3)14-11(9-19)16-17-18(14)12-7-6-10(20-4)8-13(12)21-5/h6-9H,1-5H3. The van der Waals surface area contributed by atoms with Crippen molar-refractivity contribution in [3.05, 3.63) is 29.6 Å². The normalized spacial score (nSPS) is 11.3. The van der Waals surface area contributed by atoms with Crippen LogP contribution in [0.5, 0.6) is 11.5 Å². The van der Waals surface area contributed by atoms with Crippen LogP contribution < -0.4 is 9.47 Å². The minimum absolute atomic E-state index is 0.287. The fraction of sp³-hybridized carbons (Fsp3) is 0.400. The molecule has 0 aliphatic rings.